The Labute approximate surface area is 190 Å². The molecule has 0 bridgehead atoms. The lowest BCUT2D eigenvalue weighted by Gasteiger charge is -2.21. The van der Waals surface area contributed by atoms with Crippen LogP contribution >= 0.6 is 0 Å². The first-order valence-electron chi connectivity index (χ1n) is 10.5. The number of hydrogen-bond donors (Lipinski definition) is 3. The third-order valence-corrected chi connectivity index (χ3v) is 5.46. The molecule has 0 aliphatic carbocycles. The van der Waals surface area contributed by atoms with Crippen LogP contribution in [0.5, 0.6) is 11.5 Å². The summed E-state index contributed by atoms with van der Waals surface area (Å²) in [6.45, 7) is 1.91. The first-order chi connectivity index (χ1) is 15.8. The fourth-order valence-corrected chi connectivity index (χ4v) is 3.69. The molecular formula is C23H24N4O6. The lowest BCUT2D eigenvalue weighted by atomic mass is 9.93. The predicted octanol–water partition coefficient (Wildman–Crippen LogP) is 2.05. The van der Waals surface area contributed by atoms with E-state index in [1.807, 2.05) is 30.3 Å². The number of ether oxygens (including phenoxy) is 2. The van der Waals surface area contributed by atoms with Crippen LogP contribution in [0.1, 0.15) is 18.9 Å². The zero-order valence-electron chi connectivity index (χ0n) is 18.1. The molecule has 33 heavy (non-hydrogen) atoms. The summed E-state index contributed by atoms with van der Waals surface area (Å²) in [6, 6.07) is 13.0. The van der Waals surface area contributed by atoms with E-state index in [2.05, 4.69) is 16.0 Å². The number of anilines is 1. The van der Waals surface area contributed by atoms with E-state index in [4.69, 9.17) is 9.47 Å². The van der Waals surface area contributed by atoms with E-state index < -0.39 is 36.0 Å². The molecule has 2 aromatic rings. The van der Waals surface area contributed by atoms with Crippen molar-refractivity contribution in [1.82, 2.24) is 15.5 Å². The minimum absolute atomic E-state index is 0.379. The van der Waals surface area contributed by atoms with Crippen LogP contribution in [0.4, 0.5) is 15.3 Å². The molecule has 2 heterocycles. The molecule has 1 unspecified atom stereocenters. The third kappa shape index (κ3) is 5.05. The van der Waals surface area contributed by atoms with Gasteiger partial charge in [-0.1, -0.05) is 30.3 Å². The number of aryl methyl sites for hydroxylation is 1. The van der Waals surface area contributed by atoms with Crippen molar-refractivity contribution in [1.29, 1.82) is 0 Å². The number of amides is 6. The minimum Gasteiger partial charge on any atom is -0.486 e. The van der Waals surface area contributed by atoms with E-state index in [0.29, 0.717) is 43.2 Å². The SMILES string of the molecule is CC1(CCc2ccccc2)NC(=O)N(CC(=O)NC(=O)Nc2ccc3c(c2)OCCO3)C1=O. The van der Waals surface area contributed by atoms with Crippen molar-refractivity contribution in [3.8, 4) is 11.5 Å². The Bertz CT molecular complexity index is 1090. The summed E-state index contributed by atoms with van der Waals surface area (Å²) in [6.07, 6.45) is 0.964. The quantitative estimate of drug-likeness (QED) is 0.576. The van der Waals surface area contributed by atoms with E-state index >= 15 is 0 Å². The van der Waals surface area contributed by atoms with E-state index in [1.165, 1.54) is 0 Å². The van der Waals surface area contributed by atoms with Gasteiger partial charge in [0.05, 0.1) is 0 Å². The molecule has 1 atom stereocenters. The first kappa shape index (κ1) is 22.1. The molecule has 3 N–H and O–H groups in total. The summed E-state index contributed by atoms with van der Waals surface area (Å²) in [7, 11) is 0. The van der Waals surface area contributed by atoms with Crippen molar-refractivity contribution >= 4 is 29.6 Å². The monoisotopic (exact) mass is 452 g/mol. The van der Waals surface area contributed by atoms with E-state index in [0.717, 1.165) is 10.5 Å². The average molecular weight is 452 g/mol. The molecule has 4 rings (SSSR count). The Kier molecular flexibility index (Phi) is 6.16. The molecule has 1 saturated heterocycles. The molecular weight excluding hydrogens is 428 g/mol. The van der Waals surface area contributed by atoms with Crippen LogP contribution in [0.25, 0.3) is 0 Å². The number of carbonyl (C=O) groups excluding carboxylic acids is 4. The molecule has 0 aromatic heterocycles. The maximum atomic E-state index is 12.8. The van der Waals surface area contributed by atoms with Crippen molar-refractivity contribution in [2.24, 2.45) is 0 Å². The highest BCUT2D eigenvalue weighted by Gasteiger charge is 2.47. The molecule has 2 aromatic carbocycles. The van der Waals surface area contributed by atoms with Crippen LogP contribution in [0, 0.1) is 0 Å². The molecule has 1 fully saturated rings. The Morgan fingerprint density at radius 2 is 1.79 bits per heavy atom. The van der Waals surface area contributed by atoms with Gasteiger partial charge in [-0.2, -0.15) is 0 Å². The van der Waals surface area contributed by atoms with Gasteiger partial charge in [0, 0.05) is 11.8 Å². The third-order valence-electron chi connectivity index (χ3n) is 5.46. The van der Waals surface area contributed by atoms with Crippen molar-refractivity contribution in [3.05, 3.63) is 54.1 Å². The molecule has 172 valence electrons. The van der Waals surface area contributed by atoms with Crippen LogP contribution < -0.4 is 25.4 Å². The summed E-state index contributed by atoms with van der Waals surface area (Å²) in [5.74, 6) is -0.247. The van der Waals surface area contributed by atoms with E-state index in [-0.39, 0.29) is 0 Å². The number of carbonyl (C=O) groups is 4. The minimum atomic E-state index is -1.12. The average Bonchev–Trinajstić information content (AvgIpc) is 3.01. The summed E-state index contributed by atoms with van der Waals surface area (Å²) < 4.78 is 10.9. The normalized spacial score (nSPS) is 19.1. The lowest BCUT2D eigenvalue weighted by molar-refractivity contribution is -0.134. The highest BCUT2D eigenvalue weighted by Crippen LogP contribution is 2.32. The summed E-state index contributed by atoms with van der Waals surface area (Å²) >= 11 is 0. The largest absolute Gasteiger partial charge is 0.486 e. The maximum Gasteiger partial charge on any atom is 0.325 e. The number of rotatable bonds is 6. The fraction of sp³-hybridized carbons (Fsp3) is 0.304. The zero-order chi connectivity index (χ0) is 23.4. The van der Waals surface area contributed by atoms with Gasteiger partial charge in [-0.05, 0) is 37.5 Å². The summed E-state index contributed by atoms with van der Waals surface area (Å²) in [5, 5.41) is 7.30. The molecule has 10 heteroatoms. The van der Waals surface area contributed by atoms with Gasteiger partial charge in [0.2, 0.25) is 5.91 Å². The molecule has 6 amide bonds. The number of imide groups is 2. The van der Waals surface area contributed by atoms with E-state index in [9.17, 15) is 19.2 Å². The maximum absolute atomic E-state index is 12.8. The van der Waals surface area contributed by atoms with Crippen LogP contribution in [-0.2, 0) is 16.0 Å². The highest BCUT2D eigenvalue weighted by molar-refractivity contribution is 6.10. The van der Waals surface area contributed by atoms with E-state index in [1.54, 1.807) is 25.1 Å². The Hall–Kier alpha value is -4.08. The van der Waals surface area contributed by atoms with Crippen LogP contribution in [0.3, 0.4) is 0 Å². The van der Waals surface area contributed by atoms with Gasteiger partial charge in [-0.25, -0.2) is 9.59 Å². The van der Waals surface area contributed by atoms with Crippen LogP contribution in [0.15, 0.2) is 48.5 Å². The number of urea groups is 2. The second-order valence-electron chi connectivity index (χ2n) is 8.00. The van der Waals surface area contributed by atoms with Crippen LogP contribution in [-0.4, -0.2) is 54.1 Å². The Balaban J connectivity index is 1.30. The van der Waals surface area contributed by atoms with Crippen molar-refractivity contribution < 1.29 is 28.7 Å². The van der Waals surface area contributed by atoms with Gasteiger partial charge in [-0.15, -0.1) is 0 Å². The fourth-order valence-electron chi connectivity index (χ4n) is 3.69. The number of hydrogen-bond acceptors (Lipinski definition) is 6. The van der Waals surface area contributed by atoms with Gasteiger partial charge in [0.25, 0.3) is 5.91 Å². The molecule has 2 aliphatic heterocycles. The Morgan fingerprint density at radius 1 is 1.06 bits per heavy atom. The van der Waals surface area contributed by atoms with Crippen molar-refractivity contribution in [2.75, 3.05) is 25.1 Å². The van der Waals surface area contributed by atoms with Gasteiger partial charge in [0.1, 0.15) is 25.3 Å². The topological polar surface area (TPSA) is 126 Å². The lowest BCUT2D eigenvalue weighted by Crippen LogP contribution is -2.46. The number of benzene rings is 2. The number of fused-ring (bicyclic) bond motifs is 1. The molecule has 0 saturated carbocycles. The summed E-state index contributed by atoms with van der Waals surface area (Å²) in [5.41, 5.74) is 0.307. The molecule has 2 aliphatic rings. The molecule has 0 radical (unpaired) electrons. The smallest absolute Gasteiger partial charge is 0.325 e. The first-order valence-corrected chi connectivity index (χ1v) is 10.5. The van der Waals surface area contributed by atoms with Crippen molar-refractivity contribution in [3.63, 3.8) is 0 Å². The number of nitrogens with zero attached hydrogens (tertiary/aromatic N) is 1. The summed E-state index contributed by atoms with van der Waals surface area (Å²) in [4.78, 5) is 50.5. The number of nitrogens with one attached hydrogen (secondary N) is 3. The molecule has 0 spiro atoms. The predicted molar refractivity (Wildman–Crippen MR) is 118 cm³/mol. The second-order valence-corrected chi connectivity index (χ2v) is 8.00. The zero-order valence-corrected chi connectivity index (χ0v) is 18.1. The molecule has 10 nitrogen and oxygen atoms in total. The van der Waals surface area contributed by atoms with Crippen molar-refractivity contribution in [2.45, 2.75) is 25.3 Å². The van der Waals surface area contributed by atoms with Gasteiger partial charge in [-0.3, -0.25) is 19.8 Å². The van der Waals surface area contributed by atoms with Crippen LogP contribution in [0.2, 0.25) is 0 Å². The Morgan fingerprint density at radius 3 is 2.55 bits per heavy atom. The van der Waals surface area contributed by atoms with Gasteiger partial charge >= 0.3 is 12.1 Å². The van der Waals surface area contributed by atoms with Gasteiger partial charge in [0.15, 0.2) is 11.5 Å². The standard InChI is InChI=1S/C23H24N4O6/c1-23(10-9-15-5-3-2-4-6-15)20(29)27(22(31)26-23)14-19(28)25-21(30)24-16-7-8-17-18(13-16)33-12-11-32-17/h2-8,13H,9-12,14H2,1H3,(H,26,31)(H2,24,25,28,30). The highest BCUT2D eigenvalue weighted by atomic mass is 16.6. The van der Waals surface area contributed by atoms with Gasteiger partial charge < -0.3 is 20.1 Å². The second kappa shape index (κ2) is 9.19.